The van der Waals surface area contributed by atoms with Gasteiger partial charge in [-0.05, 0) is 29.8 Å². The van der Waals surface area contributed by atoms with Crippen LogP contribution in [0.1, 0.15) is 12.0 Å². The Labute approximate surface area is 107 Å². The van der Waals surface area contributed by atoms with Crippen LogP contribution in [0, 0.1) is 11.3 Å². The number of hydrogen-bond acceptors (Lipinski definition) is 3. The van der Waals surface area contributed by atoms with Gasteiger partial charge in [-0.25, -0.2) is 0 Å². The normalized spacial score (nSPS) is 9.72. The maximum Gasteiger partial charge on any atom is 0.0640 e. The number of nitriles is 1. The van der Waals surface area contributed by atoms with Crippen molar-refractivity contribution >= 4 is 5.69 Å². The molecule has 3 nitrogen and oxygen atoms in total. The lowest BCUT2D eigenvalue weighted by molar-refractivity contribution is 0.797. The van der Waals surface area contributed by atoms with Crippen LogP contribution in [-0.4, -0.2) is 11.5 Å². The third-order valence-corrected chi connectivity index (χ3v) is 2.74. The molecule has 0 aliphatic carbocycles. The molecule has 0 fully saturated rings. The lowest BCUT2D eigenvalue weighted by Gasteiger charge is -2.23. The van der Waals surface area contributed by atoms with Crippen LogP contribution in [0.3, 0.4) is 0 Å². The van der Waals surface area contributed by atoms with E-state index in [2.05, 4.69) is 28.1 Å². The lowest BCUT2D eigenvalue weighted by atomic mass is 10.2. The fourth-order valence-electron chi connectivity index (χ4n) is 1.83. The first kappa shape index (κ1) is 12.1. The van der Waals surface area contributed by atoms with Crippen molar-refractivity contribution in [2.75, 3.05) is 11.4 Å². The molecule has 18 heavy (non-hydrogen) atoms. The number of rotatable bonds is 5. The summed E-state index contributed by atoms with van der Waals surface area (Å²) in [7, 11) is 0. The molecule has 0 aliphatic rings. The Bertz CT molecular complexity index is 502. The molecule has 0 saturated heterocycles. The molecule has 2 rings (SSSR count). The molecule has 0 N–H and O–H groups in total. The first-order valence-corrected chi connectivity index (χ1v) is 5.96. The largest absolute Gasteiger partial charge is 0.366 e. The number of benzene rings is 1. The van der Waals surface area contributed by atoms with Crippen molar-refractivity contribution in [3.8, 4) is 6.07 Å². The van der Waals surface area contributed by atoms with E-state index in [0.717, 1.165) is 18.8 Å². The van der Waals surface area contributed by atoms with Crippen molar-refractivity contribution in [1.82, 2.24) is 4.98 Å². The van der Waals surface area contributed by atoms with Gasteiger partial charge in [0, 0.05) is 31.2 Å². The molecule has 0 unspecified atom stereocenters. The van der Waals surface area contributed by atoms with E-state index in [1.54, 1.807) is 12.4 Å². The Morgan fingerprint density at radius 1 is 1.06 bits per heavy atom. The highest BCUT2D eigenvalue weighted by Crippen LogP contribution is 2.16. The van der Waals surface area contributed by atoms with Gasteiger partial charge in [0.05, 0.1) is 12.5 Å². The number of aromatic nitrogens is 1. The summed E-state index contributed by atoms with van der Waals surface area (Å²) in [4.78, 5) is 6.22. The highest BCUT2D eigenvalue weighted by Gasteiger charge is 2.06. The Hall–Kier alpha value is -2.34. The first-order valence-electron chi connectivity index (χ1n) is 5.96. The van der Waals surface area contributed by atoms with Gasteiger partial charge in [0.1, 0.15) is 0 Å². The zero-order chi connectivity index (χ0) is 12.6. The second-order valence-electron chi connectivity index (χ2n) is 4.02. The summed E-state index contributed by atoms with van der Waals surface area (Å²) in [6.07, 6.45) is 4.12. The summed E-state index contributed by atoms with van der Waals surface area (Å²) in [6.45, 7) is 1.54. The molecular formula is C15H15N3. The van der Waals surface area contributed by atoms with E-state index in [1.165, 1.54) is 5.56 Å². The van der Waals surface area contributed by atoms with Crippen LogP contribution in [0.4, 0.5) is 5.69 Å². The second-order valence-corrected chi connectivity index (χ2v) is 4.02. The average Bonchev–Trinajstić information content (AvgIpc) is 2.45. The number of anilines is 1. The predicted molar refractivity (Wildman–Crippen MR) is 72.0 cm³/mol. The molecular weight excluding hydrogens is 222 g/mol. The number of nitrogens with zero attached hydrogens (tertiary/aromatic N) is 3. The SMILES string of the molecule is N#CCCN(Cc1ccncc1)c1ccccc1. The smallest absolute Gasteiger partial charge is 0.0640 e. The van der Waals surface area contributed by atoms with E-state index in [4.69, 9.17) is 5.26 Å². The van der Waals surface area contributed by atoms with Crippen molar-refractivity contribution in [3.05, 3.63) is 60.4 Å². The number of pyridine rings is 1. The van der Waals surface area contributed by atoms with E-state index in [1.807, 2.05) is 30.3 Å². The molecule has 0 radical (unpaired) electrons. The first-order chi connectivity index (χ1) is 8.90. The molecule has 3 heteroatoms. The molecule has 90 valence electrons. The van der Waals surface area contributed by atoms with Crippen molar-refractivity contribution in [2.24, 2.45) is 0 Å². The molecule has 0 amide bonds. The molecule has 0 atom stereocenters. The van der Waals surface area contributed by atoms with E-state index < -0.39 is 0 Å². The van der Waals surface area contributed by atoms with Crippen LogP contribution in [0.2, 0.25) is 0 Å². The summed E-state index contributed by atoms with van der Waals surface area (Å²) in [5.41, 5.74) is 2.34. The molecule has 1 aromatic heterocycles. The minimum absolute atomic E-state index is 0.528. The van der Waals surface area contributed by atoms with Gasteiger partial charge in [-0.3, -0.25) is 4.98 Å². The van der Waals surface area contributed by atoms with Crippen molar-refractivity contribution < 1.29 is 0 Å². The summed E-state index contributed by atoms with van der Waals surface area (Å²) in [5, 5.41) is 8.74. The Balaban J connectivity index is 2.14. The van der Waals surface area contributed by atoms with E-state index >= 15 is 0 Å². The summed E-state index contributed by atoms with van der Waals surface area (Å²) in [6, 6.07) is 16.4. The van der Waals surface area contributed by atoms with Crippen molar-refractivity contribution in [1.29, 1.82) is 5.26 Å². The Morgan fingerprint density at radius 2 is 1.78 bits per heavy atom. The standard InChI is InChI=1S/C15H15N3/c16-9-4-12-18(15-5-2-1-3-6-15)13-14-7-10-17-11-8-14/h1-3,5-8,10-11H,4,12-13H2. The van der Waals surface area contributed by atoms with Crippen LogP contribution < -0.4 is 4.90 Å². The second kappa shape index (κ2) is 6.41. The summed E-state index contributed by atoms with van der Waals surface area (Å²) in [5.74, 6) is 0. The summed E-state index contributed by atoms with van der Waals surface area (Å²) < 4.78 is 0. The third kappa shape index (κ3) is 3.33. The minimum atomic E-state index is 0.528. The Morgan fingerprint density at radius 3 is 2.44 bits per heavy atom. The van der Waals surface area contributed by atoms with Crippen molar-refractivity contribution in [3.63, 3.8) is 0 Å². The summed E-state index contributed by atoms with van der Waals surface area (Å²) >= 11 is 0. The molecule has 1 heterocycles. The maximum absolute atomic E-state index is 8.74. The highest BCUT2D eigenvalue weighted by atomic mass is 15.1. The van der Waals surface area contributed by atoms with E-state index in [0.29, 0.717) is 6.42 Å². The van der Waals surface area contributed by atoms with Crippen molar-refractivity contribution in [2.45, 2.75) is 13.0 Å². The van der Waals surface area contributed by atoms with Gasteiger partial charge in [0.2, 0.25) is 0 Å². The monoisotopic (exact) mass is 237 g/mol. The molecule has 2 aromatic rings. The van der Waals surface area contributed by atoms with Crippen LogP contribution >= 0.6 is 0 Å². The van der Waals surface area contributed by atoms with Gasteiger partial charge < -0.3 is 4.90 Å². The minimum Gasteiger partial charge on any atom is -0.366 e. The van der Waals surface area contributed by atoms with Gasteiger partial charge in [-0.2, -0.15) is 5.26 Å². The van der Waals surface area contributed by atoms with Gasteiger partial charge >= 0.3 is 0 Å². The van der Waals surface area contributed by atoms with Crippen LogP contribution in [0.25, 0.3) is 0 Å². The molecule has 0 aliphatic heterocycles. The predicted octanol–water partition coefficient (Wildman–Crippen LogP) is 3.00. The number of para-hydroxylation sites is 1. The van der Waals surface area contributed by atoms with Crippen LogP contribution in [0.15, 0.2) is 54.9 Å². The van der Waals surface area contributed by atoms with Gasteiger partial charge in [0.25, 0.3) is 0 Å². The Kier molecular flexibility index (Phi) is 4.32. The van der Waals surface area contributed by atoms with Gasteiger partial charge in [-0.1, -0.05) is 18.2 Å². The highest BCUT2D eigenvalue weighted by molar-refractivity contribution is 5.46. The molecule has 1 aromatic carbocycles. The topological polar surface area (TPSA) is 39.9 Å². The number of hydrogen-bond donors (Lipinski definition) is 0. The lowest BCUT2D eigenvalue weighted by Crippen LogP contribution is -2.23. The van der Waals surface area contributed by atoms with Gasteiger partial charge in [-0.15, -0.1) is 0 Å². The van der Waals surface area contributed by atoms with E-state index in [9.17, 15) is 0 Å². The molecule has 0 bridgehead atoms. The molecule has 0 spiro atoms. The average molecular weight is 237 g/mol. The van der Waals surface area contributed by atoms with Crippen LogP contribution in [-0.2, 0) is 6.54 Å². The van der Waals surface area contributed by atoms with Crippen LogP contribution in [0.5, 0.6) is 0 Å². The quantitative estimate of drug-likeness (QED) is 0.802. The maximum atomic E-state index is 8.74. The molecule has 0 saturated carbocycles. The third-order valence-electron chi connectivity index (χ3n) is 2.74. The zero-order valence-corrected chi connectivity index (χ0v) is 10.2. The fraction of sp³-hybridized carbons (Fsp3) is 0.200. The zero-order valence-electron chi connectivity index (χ0n) is 10.2. The van der Waals surface area contributed by atoms with E-state index in [-0.39, 0.29) is 0 Å². The van der Waals surface area contributed by atoms with Gasteiger partial charge in [0.15, 0.2) is 0 Å². The fourth-order valence-corrected chi connectivity index (χ4v) is 1.83.